The Balaban J connectivity index is 0.00000306. The highest BCUT2D eigenvalue weighted by atomic mass is 35.5. The molecular weight excluding hydrogens is 443 g/mol. The number of methoxy groups -OCH3 is 1. The Morgan fingerprint density at radius 3 is 2.39 bits per heavy atom. The minimum atomic E-state index is -0.264. The third-order valence-electron chi connectivity index (χ3n) is 6.40. The number of halogens is 2. The van der Waals surface area contributed by atoms with Crippen LogP contribution < -0.4 is 16.0 Å². The molecule has 1 aliphatic heterocycles. The lowest BCUT2D eigenvalue weighted by molar-refractivity contribution is -0.0684. The Kier molecular flexibility index (Phi) is 7.39. The number of nitrogens with two attached hydrogens (primary N) is 1. The van der Waals surface area contributed by atoms with Crippen molar-refractivity contribution in [3.63, 3.8) is 0 Å². The molecule has 1 aliphatic rings. The Hall–Kier alpha value is -2.97. The van der Waals surface area contributed by atoms with Crippen molar-refractivity contribution in [2.45, 2.75) is 32.3 Å². The summed E-state index contributed by atoms with van der Waals surface area (Å²) in [5.41, 5.74) is 9.16. The van der Waals surface area contributed by atoms with Gasteiger partial charge in [-0.15, -0.1) is 12.4 Å². The monoisotopic (exact) mass is 472 g/mol. The Bertz CT molecular complexity index is 1070. The van der Waals surface area contributed by atoms with E-state index in [4.69, 9.17) is 10.5 Å². The molecule has 0 amide bonds. The van der Waals surface area contributed by atoms with Crippen molar-refractivity contribution in [2.75, 3.05) is 36.1 Å². The molecule has 0 radical (unpaired) electrons. The van der Waals surface area contributed by atoms with Crippen molar-refractivity contribution in [1.82, 2.24) is 15.0 Å². The average Bonchev–Trinajstić information content (AvgIpc) is 2.74. The lowest BCUT2D eigenvalue weighted by atomic mass is 9.81. The van der Waals surface area contributed by atoms with E-state index in [-0.39, 0.29) is 29.7 Å². The fourth-order valence-electron chi connectivity index (χ4n) is 4.24. The van der Waals surface area contributed by atoms with Crippen molar-refractivity contribution in [3.8, 4) is 0 Å². The molecule has 1 aromatic carbocycles. The zero-order chi connectivity index (χ0) is 22.9. The van der Waals surface area contributed by atoms with Crippen LogP contribution in [-0.2, 0) is 4.74 Å². The standard InChI is InChI=1S/C24H29FN6O.ClH/c1-15(2)24(32-4)13-31(14-24)19-11-20(29-21-12-27-9-10-28-21)30-23(26)22(19)16(3)17-5-7-18(25)8-6-17;/h5-12,15-16H,13-14H2,1-4H3,(H3,26,28,29,30);1H. The van der Waals surface area contributed by atoms with E-state index in [0.717, 1.165) is 29.9 Å². The van der Waals surface area contributed by atoms with E-state index in [1.807, 2.05) is 6.07 Å². The van der Waals surface area contributed by atoms with E-state index in [2.05, 4.69) is 45.9 Å². The summed E-state index contributed by atoms with van der Waals surface area (Å²) in [5, 5.41) is 3.19. The van der Waals surface area contributed by atoms with Crippen molar-refractivity contribution >= 4 is 35.5 Å². The number of nitrogen functional groups attached to an aromatic ring is 1. The maximum atomic E-state index is 13.5. The highest BCUT2D eigenvalue weighted by molar-refractivity contribution is 5.85. The Morgan fingerprint density at radius 1 is 1.12 bits per heavy atom. The highest BCUT2D eigenvalue weighted by Crippen LogP contribution is 2.43. The van der Waals surface area contributed by atoms with Crippen LogP contribution >= 0.6 is 12.4 Å². The van der Waals surface area contributed by atoms with Gasteiger partial charge in [0, 0.05) is 55.8 Å². The molecule has 3 heterocycles. The summed E-state index contributed by atoms with van der Waals surface area (Å²) in [6.45, 7) is 7.90. The molecule has 0 bridgehead atoms. The molecule has 33 heavy (non-hydrogen) atoms. The second-order valence-electron chi connectivity index (χ2n) is 8.59. The number of rotatable bonds is 7. The van der Waals surface area contributed by atoms with Crippen LogP contribution in [0.2, 0.25) is 0 Å². The van der Waals surface area contributed by atoms with Crippen LogP contribution in [0.25, 0.3) is 0 Å². The second-order valence-corrected chi connectivity index (χ2v) is 8.59. The number of nitrogens with zero attached hydrogens (tertiary/aromatic N) is 4. The van der Waals surface area contributed by atoms with Gasteiger partial charge in [-0.2, -0.15) is 0 Å². The summed E-state index contributed by atoms with van der Waals surface area (Å²) in [6, 6.07) is 8.51. The van der Waals surface area contributed by atoms with Gasteiger partial charge in [0.1, 0.15) is 28.9 Å². The van der Waals surface area contributed by atoms with Crippen LogP contribution in [0.15, 0.2) is 48.9 Å². The van der Waals surface area contributed by atoms with E-state index in [1.165, 1.54) is 12.1 Å². The van der Waals surface area contributed by atoms with Crippen molar-refractivity contribution in [3.05, 3.63) is 65.9 Å². The minimum Gasteiger partial charge on any atom is -0.383 e. The molecule has 3 aromatic rings. The average molecular weight is 473 g/mol. The summed E-state index contributed by atoms with van der Waals surface area (Å²) in [7, 11) is 1.77. The largest absolute Gasteiger partial charge is 0.383 e. The molecule has 0 aliphatic carbocycles. The summed E-state index contributed by atoms with van der Waals surface area (Å²) in [5.74, 6) is 1.64. The number of pyridine rings is 1. The molecule has 1 saturated heterocycles. The Morgan fingerprint density at radius 2 is 1.82 bits per heavy atom. The van der Waals surface area contributed by atoms with E-state index in [0.29, 0.717) is 23.4 Å². The molecule has 1 unspecified atom stereocenters. The predicted octanol–water partition coefficient (Wildman–Crippen LogP) is 4.77. The first-order valence-electron chi connectivity index (χ1n) is 10.7. The molecule has 1 atom stereocenters. The minimum absolute atomic E-state index is 0. The van der Waals surface area contributed by atoms with E-state index < -0.39 is 0 Å². The number of nitrogens with one attached hydrogen (secondary N) is 1. The zero-order valence-electron chi connectivity index (χ0n) is 19.2. The summed E-state index contributed by atoms with van der Waals surface area (Å²) >= 11 is 0. The van der Waals surface area contributed by atoms with E-state index in [9.17, 15) is 4.39 Å². The molecule has 1 fully saturated rings. The molecule has 4 rings (SSSR count). The first-order chi connectivity index (χ1) is 15.3. The van der Waals surface area contributed by atoms with E-state index >= 15 is 0 Å². The number of ether oxygens (including phenoxy) is 1. The van der Waals surface area contributed by atoms with Crippen LogP contribution in [0.1, 0.15) is 37.8 Å². The number of anilines is 4. The number of benzene rings is 1. The van der Waals surface area contributed by atoms with Crippen LogP contribution in [-0.4, -0.2) is 40.8 Å². The molecule has 2 aromatic heterocycles. The fraction of sp³-hybridized carbons (Fsp3) is 0.375. The first kappa shape index (κ1) is 24.7. The summed E-state index contributed by atoms with van der Waals surface area (Å²) in [4.78, 5) is 15.2. The van der Waals surface area contributed by atoms with Gasteiger partial charge >= 0.3 is 0 Å². The summed E-state index contributed by atoms with van der Waals surface area (Å²) in [6.07, 6.45) is 4.86. The third kappa shape index (κ3) is 4.86. The predicted molar refractivity (Wildman–Crippen MR) is 132 cm³/mol. The van der Waals surface area contributed by atoms with Crippen LogP contribution in [0.5, 0.6) is 0 Å². The van der Waals surface area contributed by atoms with Gasteiger partial charge in [0.2, 0.25) is 0 Å². The van der Waals surface area contributed by atoms with Gasteiger partial charge in [-0.3, -0.25) is 4.98 Å². The second kappa shape index (κ2) is 9.89. The number of hydrogen-bond acceptors (Lipinski definition) is 7. The SMILES string of the molecule is COC1(C(C)C)CN(c2cc(Nc3cnccn3)nc(N)c2C(C)c2ccc(F)cc2)C1.Cl. The topological polar surface area (TPSA) is 89.2 Å². The van der Waals surface area contributed by atoms with Gasteiger partial charge in [-0.25, -0.2) is 14.4 Å². The number of aromatic nitrogens is 3. The normalized spacial score (nSPS) is 15.5. The fourth-order valence-corrected chi connectivity index (χ4v) is 4.24. The quantitative estimate of drug-likeness (QED) is 0.511. The molecule has 176 valence electrons. The highest BCUT2D eigenvalue weighted by Gasteiger charge is 2.47. The Labute approximate surface area is 200 Å². The maximum absolute atomic E-state index is 13.5. The molecule has 7 nitrogen and oxygen atoms in total. The van der Waals surface area contributed by atoms with Gasteiger partial charge in [-0.1, -0.05) is 32.9 Å². The van der Waals surface area contributed by atoms with Crippen molar-refractivity contribution in [2.24, 2.45) is 5.92 Å². The molecule has 0 saturated carbocycles. The molecule has 9 heteroatoms. The molecule has 3 N–H and O–H groups in total. The van der Waals surface area contributed by atoms with Crippen LogP contribution in [0.4, 0.5) is 27.5 Å². The zero-order valence-corrected chi connectivity index (χ0v) is 20.1. The van der Waals surface area contributed by atoms with E-state index in [1.54, 1.807) is 37.8 Å². The molecule has 0 spiro atoms. The van der Waals surface area contributed by atoms with Crippen LogP contribution in [0.3, 0.4) is 0 Å². The van der Waals surface area contributed by atoms with Crippen molar-refractivity contribution in [1.29, 1.82) is 0 Å². The van der Waals surface area contributed by atoms with Crippen LogP contribution in [0, 0.1) is 11.7 Å². The summed E-state index contributed by atoms with van der Waals surface area (Å²) < 4.78 is 19.4. The lowest BCUT2D eigenvalue weighted by Gasteiger charge is -2.53. The van der Waals surface area contributed by atoms with Gasteiger partial charge < -0.3 is 20.7 Å². The number of hydrogen-bond donors (Lipinski definition) is 2. The van der Waals surface area contributed by atoms with Gasteiger partial charge in [0.05, 0.1) is 6.20 Å². The van der Waals surface area contributed by atoms with Gasteiger partial charge in [-0.05, 0) is 23.6 Å². The first-order valence-corrected chi connectivity index (χ1v) is 10.7. The lowest BCUT2D eigenvalue weighted by Crippen LogP contribution is -2.66. The smallest absolute Gasteiger partial charge is 0.150 e. The van der Waals surface area contributed by atoms with Crippen molar-refractivity contribution < 1.29 is 9.13 Å². The third-order valence-corrected chi connectivity index (χ3v) is 6.40. The van der Waals surface area contributed by atoms with Gasteiger partial charge in [0.25, 0.3) is 0 Å². The maximum Gasteiger partial charge on any atom is 0.150 e. The van der Waals surface area contributed by atoms with Gasteiger partial charge in [0.15, 0.2) is 0 Å². The molecular formula is C24H30ClFN6O.